The van der Waals surface area contributed by atoms with E-state index in [2.05, 4.69) is 4.74 Å². The molecule has 1 aromatic carbocycles. The smallest absolute Gasteiger partial charge is 0.404 e. The fourth-order valence-corrected chi connectivity index (χ4v) is 4.21. The van der Waals surface area contributed by atoms with Gasteiger partial charge in [0.15, 0.2) is 11.5 Å². The molecule has 26 heavy (non-hydrogen) atoms. The van der Waals surface area contributed by atoms with Crippen LogP contribution in [-0.2, 0) is 24.3 Å². The van der Waals surface area contributed by atoms with Gasteiger partial charge in [-0.15, -0.1) is 13.2 Å². The molecule has 0 aromatic heterocycles. The Balaban J connectivity index is 2.11. The molecule has 1 aromatic rings. The first-order valence-electron chi connectivity index (χ1n) is 7.05. The number of ketones is 1. The number of amides is 1. The van der Waals surface area contributed by atoms with Crippen LogP contribution in [0.5, 0.6) is 5.75 Å². The van der Waals surface area contributed by atoms with Gasteiger partial charge in [0.2, 0.25) is 0 Å². The summed E-state index contributed by atoms with van der Waals surface area (Å²) >= 11 is 0. The van der Waals surface area contributed by atoms with E-state index in [-0.39, 0.29) is 4.31 Å². The lowest BCUT2D eigenvalue weighted by atomic mass is 10.1. The third-order valence-electron chi connectivity index (χ3n) is 3.54. The van der Waals surface area contributed by atoms with Crippen molar-refractivity contribution < 1.29 is 40.7 Å². The number of nitrogens with zero attached hydrogens (tertiary/aromatic N) is 1. The number of allylic oxidation sites excluding steroid dienone is 2. The molecule has 7 nitrogen and oxygen atoms in total. The number of ether oxygens (including phenoxy) is 2. The summed E-state index contributed by atoms with van der Waals surface area (Å²) in [4.78, 5) is 22.6. The van der Waals surface area contributed by atoms with E-state index in [0.717, 1.165) is 42.5 Å². The van der Waals surface area contributed by atoms with Crippen LogP contribution in [0.2, 0.25) is 0 Å². The summed E-state index contributed by atoms with van der Waals surface area (Å²) in [7, 11) is -4.80. The minimum absolute atomic E-state index is 0.290. The van der Waals surface area contributed by atoms with Crippen molar-refractivity contribution in [2.24, 2.45) is 0 Å². The second kappa shape index (κ2) is 5.95. The first-order chi connectivity index (χ1) is 12.1. The van der Waals surface area contributed by atoms with Gasteiger partial charge in [0, 0.05) is 0 Å². The average molecular weight is 389 g/mol. The SMILES string of the molecule is O=C1C=CC2(C=C1)OCC(=O)N2S(=O)(=O)c1ccccc1OC(F)(F)F. The van der Waals surface area contributed by atoms with Crippen LogP contribution in [-0.4, -0.2) is 43.1 Å². The lowest BCUT2D eigenvalue weighted by Gasteiger charge is -2.32. The Kier molecular flexibility index (Phi) is 4.15. The lowest BCUT2D eigenvalue weighted by Crippen LogP contribution is -2.48. The molecule has 1 saturated heterocycles. The maximum atomic E-state index is 12.9. The summed E-state index contributed by atoms with van der Waals surface area (Å²) in [6.45, 7) is -0.635. The molecule has 2 aliphatic rings. The summed E-state index contributed by atoms with van der Waals surface area (Å²) in [5, 5.41) is 0. The van der Waals surface area contributed by atoms with E-state index < -0.39 is 51.1 Å². The third kappa shape index (κ3) is 3.10. The molecular weight excluding hydrogens is 379 g/mol. The summed E-state index contributed by atoms with van der Waals surface area (Å²) < 4.78 is 72.8. The number of hydrogen-bond acceptors (Lipinski definition) is 6. The fraction of sp³-hybridized carbons (Fsp3) is 0.200. The van der Waals surface area contributed by atoms with E-state index in [1.165, 1.54) is 6.07 Å². The zero-order chi connectivity index (χ0) is 19.2. The number of rotatable bonds is 3. The predicted octanol–water partition coefficient (Wildman–Crippen LogP) is 1.52. The maximum absolute atomic E-state index is 12.9. The molecule has 0 N–H and O–H groups in total. The van der Waals surface area contributed by atoms with Crippen molar-refractivity contribution >= 4 is 21.7 Å². The van der Waals surface area contributed by atoms with Crippen molar-refractivity contribution in [3.05, 3.63) is 48.6 Å². The van der Waals surface area contributed by atoms with Gasteiger partial charge in [-0.25, -0.2) is 8.42 Å². The molecule has 0 atom stereocenters. The number of benzene rings is 1. The van der Waals surface area contributed by atoms with Gasteiger partial charge in [-0.3, -0.25) is 9.59 Å². The molecule has 1 amide bonds. The minimum atomic E-state index is -5.13. The van der Waals surface area contributed by atoms with Gasteiger partial charge in [0.05, 0.1) is 0 Å². The van der Waals surface area contributed by atoms with Crippen LogP contribution in [0.25, 0.3) is 0 Å². The second-order valence-corrected chi connectivity index (χ2v) is 7.02. The molecule has 3 rings (SSSR count). The first kappa shape index (κ1) is 18.1. The quantitative estimate of drug-likeness (QED) is 0.779. The number of hydrogen-bond donors (Lipinski definition) is 0. The van der Waals surface area contributed by atoms with E-state index in [1.807, 2.05) is 0 Å². The van der Waals surface area contributed by atoms with E-state index in [1.54, 1.807) is 0 Å². The molecule has 0 saturated carbocycles. The molecule has 0 radical (unpaired) electrons. The highest BCUT2D eigenvalue weighted by Crippen LogP contribution is 2.38. The first-order valence-corrected chi connectivity index (χ1v) is 8.49. The van der Waals surface area contributed by atoms with Crippen molar-refractivity contribution in [2.75, 3.05) is 6.61 Å². The Morgan fingerprint density at radius 2 is 1.73 bits per heavy atom. The zero-order valence-corrected chi connectivity index (χ0v) is 13.6. The standard InChI is InChI=1S/C15H10F3NO6S/c16-15(17,18)25-11-3-1-2-4-12(11)26(22,23)19-13(21)9-24-14(19)7-5-10(20)6-8-14/h1-8H,9H2. The van der Waals surface area contributed by atoms with Crippen molar-refractivity contribution in [3.63, 3.8) is 0 Å². The van der Waals surface area contributed by atoms with Gasteiger partial charge in [-0.2, -0.15) is 4.31 Å². The van der Waals surface area contributed by atoms with Crippen LogP contribution in [0.4, 0.5) is 13.2 Å². The van der Waals surface area contributed by atoms with Crippen LogP contribution < -0.4 is 4.74 Å². The predicted molar refractivity (Wildman–Crippen MR) is 79.1 cm³/mol. The van der Waals surface area contributed by atoms with E-state index in [9.17, 15) is 31.2 Å². The summed E-state index contributed by atoms with van der Waals surface area (Å²) in [5.74, 6) is -2.46. The average Bonchev–Trinajstić information content (AvgIpc) is 2.86. The monoisotopic (exact) mass is 389 g/mol. The molecule has 0 unspecified atom stereocenters. The third-order valence-corrected chi connectivity index (χ3v) is 5.40. The molecule has 1 spiro atoms. The maximum Gasteiger partial charge on any atom is 0.573 e. The highest BCUT2D eigenvalue weighted by atomic mass is 32.2. The molecule has 138 valence electrons. The normalized spacial score (nSPS) is 19.4. The van der Waals surface area contributed by atoms with Crippen LogP contribution >= 0.6 is 0 Å². The largest absolute Gasteiger partial charge is 0.573 e. The molecule has 0 bridgehead atoms. The Labute approximate surface area is 145 Å². The highest BCUT2D eigenvalue weighted by molar-refractivity contribution is 7.89. The van der Waals surface area contributed by atoms with Crippen molar-refractivity contribution in [1.82, 2.24) is 4.31 Å². The van der Waals surface area contributed by atoms with E-state index in [4.69, 9.17) is 4.74 Å². The molecule has 1 aliphatic heterocycles. The van der Waals surface area contributed by atoms with Gasteiger partial charge in [0.25, 0.3) is 15.9 Å². The molecule has 11 heteroatoms. The summed E-state index contributed by atoms with van der Waals surface area (Å²) in [6, 6.07) is 4.01. The Hall–Kier alpha value is -2.66. The number of sulfonamides is 1. The Morgan fingerprint density at radius 3 is 2.35 bits per heavy atom. The van der Waals surface area contributed by atoms with Gasteiger partial charge < -0.3 is 9.47 Å². The van der Waals surface area contributed by atoms with Crippen LogP contribution in [0.15, 0.2) is 53.5 Å². The highest BCUT2D eigenvalue weighted by Gasteiger charge is 2.52. The number of halogens is 3. The van der Waals surface area contributed by atoms with Crippen LogP contribution in [0, 0.1) is 0 Å². The fourth-order valence-electron chi connectivity index (χ4n) is 2.53. The van der Waals surface area contributed by atoms with Gasteiger partial charge >= 0.3 is 6.36 Å². The van der Waals surface area contributed by atoms with Gasteiger partial charge in [0.1, 0.15) is 17.3 Å². The number of para-hydroxylation sites is 1. The van der Waals surface area contributed by atoms with Crippen LogP contribution in [0.1, 0.15) is 0 Å². The van der Waals surface area contributed by atoms with Gasteiger partial charge in [-0.1, -0.05) is 12.1 Å². The van der Waals surface area contributed by atoms with Crippen molar-refractivity contribution in [2.45, 2.75) is 17.0 Å². The zero-order valence-electron chi connectivity index (χ0n) is 12.8. The molecule has 1 aliphatic carbocycles. The van der Waals surface area contributed by atoms with Crippen LogP contribution in [0.3, 0.4) is 0 Å². The minimum Gasteiger partial charge on any atom is -0.404 e. The number of alkyl halides is 3. The van der Waals surface area contributed by atoms with E-state index in [0.29, 0.717) is 0 Å². The lowest BCUT2D eigenvalue weighted by molar-refractivity contribution is -0.275. The molecular formula is C15H10F3NO6S. The van der Waals surface area contributed by atoms with Crippen molar-refractivity contribution in [1.29, 1.82) is 0 Å². The Bertz CT molecular complexity index is 919. The van der Waals surface area contributed by atoms with E-state index >= 15 is 0 Å². The Morgan fingerprint density at radius 1 is 1.12 bits per heavy atom. The molecule has 1 fully saturated rings. The topological polar surface area (TPSA) is 90.0 Å². The van der Waals surface area contributed by atoms with Crippen molar-refractivity contribution in [3.8, 4) is 5.75 Å². The number of carbonyl (C=O) groups is 2. The summed E-state index contributed by atoms with van der Waals surface area (Å²) in [5.41, 5.74) is -1.92. The van der Waals surface area contributed by atoms with Gasteiger partial charge in [-0.05, 0) is 36.4 Å². The second-order valence-electron chi connectivity index (χ2n) is 5.27. The molecule has 1 heterocycles. The summed E-state index contributed by atoms with van der Waals surface area (Å²) in [6.07, 6.45) is -1.04. The number of carbonyl (C=O) groups excluding carboxylic acids is 2.